The van der Waals surface area contributed by atoms with Gasteiger partial charge in [0.1, 0.15) is 5.75 Å². The van der Waals surface area contributed by atoms with Crippen LogP contribution in [0.15, 0.2) is 54.9 Å². The third-order valence-corrected chi connectivity index (χ3v) is 5.59. The topological polar surface area (TPSA) is 52.5 Å². The highest BCUT2D eigenvalue weighted by Crippen LogP contribution is 2.27. The number of rotatable bonds is 4. The van der Waals surface area contributed by atoms with E-state index < -0.39 is 0 Å². The van der Waals surface area contributed by atoms with E-state index in [4.69, 9.17) is 0 Å². The van der Waals surface area contributed by atoms with E-state index in [1.54, 1.807) is 24.5 Å². The molecule has 0 aliphatic carbocycles. The van der Waals surface area contributed by atoms with Crippen molar-refractivity contribution in [2.75, 3.05) is 31.1 Å². The van der Waals surface area contributed by atoms with Crippen LogP contribution in [-0.2, 0) is 6.54 Å². The fraction of sp³-hybridized carbons (Fsp3) is 0.304. The molecule has 1 N–H and O–H groups in total. The molecule has 1 aliphatic heterocycles. The van der Waals surface area contributed by atoms with Gasteiger partial charge in [-0.2, -0.15) is 0 Å². The molecule has 1 fully saturated rings. The molecule has 4 rings (SSSR count). The monoisotopic (exact) mass is 374 g/mol. The standard InChI is InChI=1S/C23H26N4O/c1-17-5-3-6-21(18(17)2)27-13-11-26(12-14-27)16-20-15-19(7-8-22(20)28)23-24-9-4-10-25-23/h3-10,15,28H,11-14,16H2,1-2H3. The number of piperazine rings is 1. The Hall–Kier alpha value is -2.92. The molecule has 1 aliphatic rings. The Bertz CT molecular complexity index is 950. The van der Waals surface area contributed by atoms with Crippen LogP contribution in [0.4, 0.5) is 5.69 Å². The van der Waals surface area contributed by atoms with Crippen molar-refractivity contribution in [3.8, 4) is 17.1 Å². The first-order chi connectivity index (χ1) is 13.6. The van der Waals surface area contributed by atoms with E-state index in [-0.39, 0.29) is 0 Å². The van der Waals surface area contributed by atoms with Crippen LogP contribution in [0.5, 0.6) is 5.75 Å². The smallest absolute Gasteiger partial charge is 0.159 e. The van der Waals surface area contributed by atoms with Gasteiger partial charge in [-0.1, -0.05) is 12.1 Å². The highest BCUT2D eigenvalue weighted by molar-refractivity contribution is 5.58. The summed E-state index contributed by atoms with van der Waals surface area (Å²) in [6.45, 7) is 9.03. The predicted octanol–water partition coefficient (Wildman–Crippen LogP) is 3.79. The van der Waals surface area contributed by atoms with E-state index in [9.17, 15) is 5.11 Å². The number of anilines is 1. The largest absolute Gasteiger partial charge is 0.508 e. The molecule has 0 radical (unpaired) electrons. The second-order valence-electron chi connectivity index (χ2n) is 7.40. The zero-order chi connectivity index (χ0) is 19.5. The SMILES string of the molecule is Cc1cccc(N2CCN(Cc3cc(-c4ncccn4)ccc3O)CC2)c1C. The van der Waals surface area contributed by atoms with Gasteiger partial charge in [0.2, 0.25) is 0 Å². The lowest BCUT2D eigenvalue weighted by atomic mass is 10.1. The minimum Gasteiger partial charge on any atom is -0.508 e. The van der Waals surface area contributed by atoms with Gasteiger partial charge in [0.15, 0.2) is 5.82 Å². The number of aromatic nitrogens is 2. The summed E-state index contributed by atoms with van der Waals surface area (Å²) in [4.78, 5) is 13.5. The van der Waals surface area contributed by atoms with Crippen molar-refractivity contribution in [1.29, 1.82) is 0 Å². The molecule has 0 unspecified atom stereocenters. The molecule has 1 saturated heterocycles. The minimum absolute atomic E-state index is 0.330. The van der Waals surface area contributed by atoms with Crippen molar-refractivity contribution in [3.05, 3.63) is 71.5 Å². The summed E-state index contributed by atoms with van der Waals surface area (Å²) < 4.78 is 0. The molecule has 0 saturated carbocycles. The molecule has 2 heterocycles. The van der Waals surface area contributed by atoms with Crippen LogP contribution in [0, 0.1) is 13.8 Å². The quantitative estimate of drug-likeness (QED) is 0.753. The van der Waals surface area contributed by atoms with E-state index in [1.165, 1.54) is 16.8 Å². The summed E-state index contributed by atoms with van der Waals surface area (Å²) in [5.74, 6) is 1.01. The average molecular weight is 374 g/mol. The zero-order valence-electron chi connectivity index (χ0n) is 16.5. The molecule has 28 heavy (non-hydrogen) atoms. The fourth-order valence-corrected chi connectivity index (χ4v) is 3.77. The Labute approximate surface area is 166 Å². The zero-order valence-corrected chi connectivity index (χ0v) is 16.5. The number of phenols is 1. The first-order valence-corrected chi connectivity index (χ1v) is 9.74. The number of aromatic hydroxyl groups is 1. The van der Waals surface area contributed by atoms with Crippen LogP contribution in [0.1, 0.15) is 16.7 Å². The molecule has 3 aromatic rings. The molecule has 0 amide bonds. The Balaban J connectivity index is 1.44. The van der Waals surface area contributed by atoms with E-state index in [2.05, 4.69) is 51.8 Å². The average Bonchev–Trinajstić information content (AvgIpc) is 2.73. The van der Waals surface area contributed by atoms with Gasteiger partial charge in [0, 0.05) is 61.9 Å². The Morgan fingerprint density at radius 2 is 1.68 bits per heavy atom. The first-order valence-electron chi connectivity index (χ1n) is 9.74. The summed E-state index contributed by atoms with van der Waals surface area (Å²) in [6, 6.07) is 13.9. The second-order valence-corrected chi connectivity index (χ2v) is 7.40. The lowest BCUT2D eigenvalue weighted by Crippen LogP contribution is -2.46. The van der Waals surface area contributed by atoms with Crippen LogP contribution >= 0.6 is 0 Å². The van der Waals surface area contributed by atoms with Gasteiger partial charge >= 0.3 is 0 Å². The maximum Gasteiger partial charge on any atom is 0.159 e. The maximum atomic E-state index is 10.3. The molecular weight excluding hydrogens is 348 g/mol. The Morgan fingerprint density at radius 1 is 0.929 bits per heavy atom. The van der Waals surface area contributed by atoms with Gasteiger partial charge in [-0.15, -0.1) is 0 Å². The van der Waals surface area contributed by atoms with Gasteiger partial charge < -0.3 is 10.0 Å². The molecule has 0 atom stereocenters. The Kier molecular flexibility index (Phi) is 5.26. The highest BCUT2D eigenvalue weighted by Gasteiger charge is 2.20. The normalized spacial score (nSPS) is 15.0. The second kappa shape index (κ2) is 7.98. The molecule has 1 aromatic heterocycles. The molecule has 2 aromatic carbocycles. The van der Waals surface area contributed by atoms with Crippen molar-refractivity contribution >= 4 is 5.69 Å². The van der Waals surface area contributed by atoms with Crippen LogP contribution in [0.25, 0.3) is 11.4 Å². The van der Waals surface area contributed by atoms with Crippen molar-refractivity contribution < 1.29 is 5.11 Å². The van der Waals surface area contributed by atoms with E-state index >= 15 is 0 Å². The van der Waals surface area contributed by atoms with Crippen molar-refractivity contribution in [2.24, 2.45) is 0 Å². The van der Waals surface area contributed by atoms with Crippen molar-refractivity contribution in [1.82, 2.24) is 14.9 Å². The first kappa shape index (κ1) is 18.4. The number of phenolic OH excluding ortho intramolecular Hbond substituents is 1. The van der Waals surface area contributed by atoms with Crippen molar-refractivity contribution in [3.63, 3.8) is 0 Å². The molecule has 0 bridgehead atoms. The number of benzene rings is 2. The van der Waals surface area contributed by atoms with Crippen LogP contribution < -0.4 is 4.90 Å². The molecule has 5 nitrogen and oxygen atoms in total. The van der Waals surface area contributed by atoms with Crippen LogP contribution in [0.2, 0.25) is 0 Å². The summed E-state index contributed by atoms with van der Waals surface area (Å²) in [5.41, 5.74) is 5.90. The van der Waals surface area contributed by atoms with E-state index in [0.717, 1.165) is 43.9 Å². The van der Waals surface area contributed by atoms with Gasteiger partial charge in [-0.25, -0.2) is 9.97 Å². The molecular formula is C23H26N4O. The van der Waals surface area contributed by atoms with Crippen LogP contribution in [-0.4, -0.2) is 46.2 Å². The number of aryl methyl sites for hydroxylation is 1. The van der Waals surface area contributed by atoms with E-state index in [0.29, 0.717) is 11.6 Å². The predicted molar refractivity (Wildman–Crippen MR) is 113 cm³/mol. The van der Waals surface area contributed by atoms with Gasteiger partial charge in [-0.3, -0.25) is 4.90 Å². The van der Waals surface area contributed by atoms with Gasteiger partial charge in [0.05, 0.1) is 0 Å². The third kappa shape index (κ3) is 3.85. The number of hydrogen-bond donors (Lipinski definition) is 1. The van der Waals surface area contributed by atoms with Gasteiger partial charge in [0.25, 0.3) is 0 Å². The third-order valence-electron chi connectivity index (χ3n) is 5.59. The van der Waals surface area contributed by atoms with E-state index in [1.807, 2.05) is 12.1 Å². The number of nitrogens with zero attached hydrogens (tertiary/aromatic N) is 4. The fourth-order valence-electron chi connectivity index (χ4n) is 3.77. The number of hydrogen-bond acceptors (Lipinski definition) is 5. The lowest BCUT2D eigenvalue weighted by Gasteiger charge is -2.37. The summed E-state index contributed by atoms with van der Waals surface area (Å²) in [5, 5.41) is 10.3. The molecule has 0 spiro atoms. The van der Waals surface area contributed by atoms with Crippen molar-refractivity contribution in [2.45, 2.75) is 20.4 Å². The summed E-state index contributed by atoms with van der Waals surface area (Å²) in [6.07, 6.45) is 3.47. The maximum absolute atomic E-state index is 10.3. The molecule has 144 valence electrons. The molecule has 5 heteroatoms. The summed E-state index contributed by atoms with van der Waals surface area (Å²) >= 11 is 0. The highest BCUT2D eigenvalue weighted by atomic mass is 16.3. The lowest BCUT2D eigenvalue weighted by molar-refractivity contribution is 0.246. The summed E-state index contributed by atoms with van der Waals surface area (Å²) in [7, 11) is 0. The Morgan fingerprint density at radius 3 is 2.43 bits per heavy atom. The van der Waals surface area contributed by atoms with Crippen LogP contribution in [0.3, 0.4) is 0 Å². The minimum atomic E-state index is 0.330. The van der Waals surface area contributed by atoms with Gasteiger partial charge in [-0.05, 0) is 55.3 Å².